The van der Waals surface area contributed by atoms with E-state index in [9.17, 15) is 9.59 Å². The molecule has 0 aromatic carbocycles. The van der Waals surface area contributed by atoms with Gasteiger partial charge in [0.05, 0.1) is 11.8 Å². The quantitative estimate of drug-likeness (QED) is 0.729. The van der Waals surface area contributed by atoms with Crippen LogP contribution < -0.4 is 4.90 Å². The zero-order chi connectivity index (χ0) is 12.0. The van der Waals surface area contributed by atoms with E-state index in [0.717, 1.165) is 5.69 Å². The van der Waals surface area contributed by atoms with Crippen LogP contribution in [0.25, 0.3) is 0 Å². The fraction of sp³-hybridized carbons (Fsp3) is 0.250. The molecule has 2 unspecified atom stereocenters. The number of nitrogens with zero attached hydrogens (tertiary/aromatic N) is 2. The molecular formula is C12H11N3O2. The van der Waals surface area contributed by atoms with Gasteiger partial charge in [-0.1, -0.05) is 24.3 Å². The van der Waals surface area contributed by atoms with E-state index in [-0.39, 0.29) is 23.7 Å². The summed E-state index contributed by atoms with van der Waals surface area (Å²) < 4.78 is 0. The van der Waals surface area contributed by atoms with Crippen LogP contribution in [0.2, 0.25) is 0 Å². The molecule has 5 heteroatoms. The van der Waals surface area contributed by atoms with Crippen molar-refractivity contribution in [3.05, 3.63) is 36.1 Å². The Kier molecular flexibility index (Phi) is 2.01. The molecular weight excluding hydrogens is 218 g/mol. The lowest BCUT2D eigenvalue weighted by molar-refractivity contribution is -0.122. The molecule has 5 nitrogen and oxygen atoms in total. The first-order valence-electron chi connectivity index (χ1n) is 5.43. The van der Waals surface area contributed by atoms with Crippen LogP contribution in [-0.4, -0.2) is 22.0 Å². The SMILES string of the molecule is Cc1cc(N2C(=O)C3C=CC=CC3C2=O)n[nH]1. The van der Waals surface area contributed by atoms with E-state index in [1.54, 1.807) is 30.4 Å². The van der Waals surface area contributed by atoms with Crippen molar-refractivity contribution < 1.29 is 9.59 Å². The number of aryl methyl sites for hydroxylation is 1. The number of nitrogens with one attached hydrogen (secondary N) is 1. The van der Waals surface area contributed by atoms with Gasteiger partial charge in [-0.3, -0.25) is 14.7 Å². The van der Waals surface area contributed by atoms with Gasteiger partial charge in [-0.05, 0) is 6.92 Å². The number of imide groups is 1. The predicted molar refractivity (Wildman–Crippen MR) is 61.1 cm³/mol. The second-order valence-electron chi connectivity index (χ2n) is 4.24. The van der Waals surface area contributed by atoms with Crippen molar-refractivity contribution in [2.75, 3.05) is 4.90 Å². The molecule has 1 aromatic heterocycles. The zero-order valence-corrected chi connectivity index (χ0v) is 9.25. The van der Waals surface area contributed by atoms with E-state index < -0.39 is 0 Å². The number of H-pyrrole nitrogens is 1. The first-order chi connectivity index (χ1) is 8.18. The van der Waals surface area contributed by atoms with Crippen LogP contribution in [0.3, 0.4) is 0 Å². The number of carbonyl (C=O) groups is 2. The van der Waals surface area contributed by atoms with Crippen molar-refractivity contribution in [3.63, 3.8) is 0 Å². The first-order valence-corrected chi connectivity index (χ1v) is 5.43. The molecule has 1 fully saturated rings. The highest BCUT2D eigenvalue weighted by atomic mass is 16.2. The maximum absolute atomic E-state index is 12.1. The molecule has 86 valence electrons. The summed E-state index contributed by atoms with van der Waals surface area (Å²) in [5, 5.41) is 6.70. The Bertz CT molecular complexity index is 526. The molecule has 2 aliphatic rings. The third-order valence-corrected chi connectivity index (χ3v) is 3.07. The minimum absolute atomic E-state index is 0.202. The fourth-order valence-corrected chi connectivity index (χ4v) is 2.23. The van der Waals surface area contributed by atoms with Gasteiger partial charge in [-0.15, -0.1) is 0 Å². The summed E-state index contributed by atoms with van der Waals surface area (Å²) in [5.74, 6) is -0.762. The van der Waals surface area contributed by atoms with Crippen molar-refractivity contribution in [1.82, 2.24) is 10.2 Å². The van der Waals surface area contributed by atoms with Gasteiger partial charge in [0.1, 0.15) is 0 Å². The third kappa shape index (κ3) is 1.35. The Morgan fingerprint density at radius 2 is 1.76 bits per heavy atom. The largest absolute Gasteiger partial charge is 0.281 e. The van der Waals surface area contributed by atoms with Gasteiger partial charge in [-0.25, -0.2) is 4.90 Å². The maximum Gasteiger partial charge on any atom is 0.243 e. The van der Waals surface area contributed by atoms with Gasteiger partial charge in [0.15, 0.2) is 5.82 Å². The highest BCUT2D eigenvalue weighted by Gasteiger charge is 2.47. The molecule has 2 amide bonds. The van der Waals surface area contributed by atoms with Crippen LogP contribution in [0.1, 0.15) is 5.69 Å². The number of amides is 2. The molecule has 3 rings (SSSR count). The number of allylic oxidation sites excluding steroid dienone is 2. The monoisotopic (exact) mass is 229 g/mol. The predicted octanol–water partition coefficient (Wildman–Crippen LogP) is 0.950. The minimum atomic E-state index is -0.371. The average Bonchev–Trinajstić information content (AvgIpc) is 2.84. The van der Waals surface area contributed by atoms with Gasteiger partial charge in [0, 0.05) is 11.8 Å². The Hall–Kier alpha value is -2.17. The standard InChI is InChI=1S/C12H11N3O2/c1-7-6-10(14-13-7)15-11(16)8-4-2-3-5-9(8)12(15)17/h2-6,8-9H,1H3,(H,13,14). The van der Waals surface area contributed by atoms with Crippen LogP contribution in [0, 0.1) is 18.8 Å². The number of hydrogen-bond acceptors (Lipinski definition) is 3. The normalized spacial score (nSPS) is 26.8. The summed E-state index contributed by atoms with van der Waals surface area (Å²) in [6, 6.07) is 1.69. The lowest BCUT2D eigenvalue weighted by Gasteiger charge is -2.09. The van der Waals surface area contributed by atoms with Gasteiger partial charge >= 0.3 is 0 Å². The van der Waals surface area contributed by atoms with Crippen LogP contribution in [0.5, 0.6) is 0 Å². The number of anilines is 1. The van der Waals surface area contributed by atoms with E-state index in [4.69, 9.17) is 0 Å². The van der Waals surface area contributed by atoms with Crippen LogP contribution in [-0.2, 0) is 9.59 Å². The molecule has 1 aliphatic heterocycles. The molecule has 2 heterocycles. The average molecular weight is 229 g/mol. The molecule has 1 saturated heterocycles. The molecule has 1 aliphatic carbocycles. The van der Waals surface area contributed by atoms with Crippen molar-refractivity contribution >= 4 is 17.6 Å². The number of aromatic amines is 1. The number of carbonyl (C=O) groups excluding carboxylic acids is 2. The van der Waals surface area contributed by atoms with E-state index in [2.05, 4.69) is 10.2 Å². The van der Waals surface area contributed by atoms with E-state index in [0.29, 0.717) is 5.82 Å². The lowest BCUT2D eigenvalue weighted by atomic mass is 9.91. The van der Waals surface area contributed by atoms with E-state index in [1.807, 2.05) is 6.92 Å². The van der Waals surface area contributed by atoms with Gasteiger partial charge in [-0.2, -0.15) is 5.10 Å². The van der Waals surface area contributed by atoms with Crippen molar-refractivity contribution in [1.29, 1.82) is 0 Å². The summed E-state index contributed by atoms with van der Waals surface area (Å²) in [7, 11) is 0. The molecule has 0 saturated carbocycles. The Balaban J connectivity index is 2.02. The van der Waals surface area contributed by atoms with Crippen molar-refractivity contribution in [3.8, 4) is 0 Å². The summed E-state index contributed by atoms with van der Waals surface area (Å²) >= 11 is 0. The van der Waals surface area contributed by atoms with Gasteiger partial charge < -0.3 is 0 Å². The second-order valence-corrected chi connectivity index (χ2v) is 4.24. The molecule has 17 heavy (non-hydrogen) atoms. The highest BCUT2D eigenvalue weighted by Crippen LogP contribution is 2.33. The fourth-order valence-electron chi connectivity index (χ4n) is 2.23. The summed E-state index contributed by atoms with van der Waals surface area (Å²) in [6.07, 6.45) is 7.13. The molecule has 0 bridgehead atoms. The molecule has 1 N–H and O–H groups in total. The molecule has 1 aromatic rings. The maximum atomic E-state index is 12.1. The van der Waals surface area contributed by atoms with Crippen LogP contribution >= 0.6 is 0 Å². The first kappa shape index (κ1) is 10.0. The molecule has 0 radical (unpaired) electrons. The summed E-state index contributed by atoms with van der Waals surface area (Å²) in [4.78, 5) is 25.4. The second kappa shape index (κ2) is 3.41. The molecule has 0 spiro atoms. The number of fused-ring (bicyclic) bond motifs is 1. The van der Waals surface area contributed by atoms with Crippen molar-refractivity contribution in [2.24, 2.45) is 11.8 Å². The number of rotatable bonds is 1. The van der Waals surface area contributed by atoms with Gasteiger partial charge in [0.2, 0.25) is 11.8 Å². The number of hydrogen-bond donors (Lipinski definition) is 1. The van der Waals surface area contributed by atoms with E-state index >= 15 is 0 Å². The Morgan fingerprint density at radius 1 is 1.18 bits per heavy atom. The van der Waals surface area contributed by atoms with Crippen LogP contribution in [0.15, 0.2) is 30.4 Å². The summed E-state index contributed by atoms with van der Waals surface area (Å²) in [6.45, 7) is 1.83. The third-order valence-electron chi connectivity index (χ3n) is 3.07. The Labute approximate surface area is 97.8 Å². The van der Waals surface area contributed by atoms with Crippen molar-refractivity contribution in [2.45, 2.75) is 6.92 Å². The smallest absolute Gasteiger partial charge is 0.243 e. The summed E-state index contributed by atoms with van der Waals surface area (Å²) in [5.41, 5.74) is 0.821. The van der Waals surface area contributed by atoms with Gasteiger partial charge in [0.25, 0.3) is 0 Å². The molecule has 2 atom stereocenters. The lowest BCUT2D eigenvalue weighted by Crippen LogP contribution is -2.31. The highest BCUT2D eigenvalue weighted by molar-refractivity contribution is 6.22. The van der Waals surface area contributed by atoms with Crippen LogP contribution in [0.4, 0.5) is 5.82 Å². The Morgan fingerprint density at radius 3 is 2.24 bits per heavy atom. The number of aromatic nitrogens is 2. The zero-order valence-electron chi connectivity index (χ0n) is 9.25. The van der Waals surface area contributed by atoms with E-state index in [1.165, 1.54) is 4.90 Å². The topological polar surface area (TPSA) is 66.1 Å². The minimum Gasteiger partial charge on any atom is -0.281 e.